The Bertz CT molecular complexity index is 166. The van der Waals surface area contributed by atoms with Crippen LogP contribution in [0.1, 0.15) is 25.7 Å². The van der Waals surface area contributed by atoms with Crippen molar-refractivity contribution in [1.82, 2.24) is 5.01 Å². The van der Waals surface area contributed by atoms with E-state index in [-0.39, 0.29) is 5.91 Å². The maximum Gasteiger partial charge on any atom is 0.253 e. The van der Waals surface area contributed by atoms with Crippen molar-refractivity contribution >= 4 is 5.91 Å². The van der Waals surface area contributed by atoms with Gasteiger partial charge in [-0.15, -0.1) is 0 Å². The summed E-state index contributed by atoms with van der Waals surface area (Å²) in [5.41, 5.74) is 5.66. The van der Waals surface area contributed by atoms with Gasteiger partial charge in [-0.3, -0.25) is 9.80 Å². The molecule has 1 amide bonds. The summed E-state index contributed by atoms with van der Waals surface area (Å²) >= 11 is 0. The van der Waals surface area contributed by atoms with Crippen LogP contribution in [0.4, 0.5) is 0 Å². The Morgan fingerprint density at radius 1 is 1.67 bits per heavy atom. The maximum absolute atomic E-state index is 11.2. The summed E-state index contributed by atoms with van der Waals surface area (Å²) < 4.78 is 0. The molecule has 4 nitrogen and oxygen atoms in total. The minimum Gasteiger partial charge on any atom is -0.320 e. The van der Waals surface area contributed by atoms with Crippen molar-refractivity contribution in [2.75, 3.05) is 7.05 Å². The van der Waals surface area contributed by atoms with Crippen molar-refractivity contribution in [3.63, 3.8) is 0 Å². The highest BCUT2D eigenvalue weighted by Crippen LogP contribution is 2.30. The van der Waals surface area contributed by atoms with Gasteiger partial charge in [-0.25, -0.2) is 5.84 Å². The van der Waals surface area contributed by atoms with Gasteiger partial charge in [-0.1, -0.05) is 19.3 Å². The molecule has 0 radical (unpaired) electrons. The molecule has 1 fully saturated rings. The van der Waals surface area contributed by atoms with Crippen molar-refractivity contribution in [2.45, 2.75) is 31.7 Å². The number of likely N-dealkylation sites (N-methyl/N-ethyl adjacent to an activating group) is 1. The van der Waals surface area contributed by atoms with Crippen LogP contribution in [0, 0.1) is 5.92 Å². The van der Waals surface area contributed by atoms with Crippen LogP contribution >= 0.6 is 0 Å². The molecule has 4 heteroatoms. The number of hydrazine groups is 1. The SMILES string of the molecule is CN(N)C(=O)C(N)CC1CCC1. The first-order chi connectivity index (χ1) is 5.61. The molecule has 1 aliphatic carbocycles. The van der Waals surface area contributed by atoms with E-state index in [1.807, 2.05) is 0 Å². The zero-order valence-corrected chi connectivity index (χ0v) is 7.49. The summed E-state index contributed by atoms with van der Waals surface area (Å²) in [4.78, 5) is 11.2. The van der Waals surface area contributed by atoms with Crippen molar-refractivity contribution in [3.8, 4) is 0 Å². The lowest BCUT2D eigenvalue weighted by Gasteiger charge is -2.28. The molecule has 1 saturated carbocycles. The van der Waals surface area contributed by atoms with E-state index in [9.17, 15) is 4.79 Å². The van der Waals surface area contributed by atoms with Gasteiger partial charge >= 0.3 is 0 Å². The molecule has 0 spiro atoms. The number of hydrogen-bond acceptors (Lipinski definition) is 3. The highest BCUT2D eigenvalue weighted by molar-refractivity contribution is 5.80. The van der Waals surface area contributed by atoms with Gasteiger partial charge in [-0.2, -0.15) is 0 Å². The largest absolute Gasteiger partial charge is 0.320 e. The van der Waals surface area contributed by atoms with Gasteiger partial charge in [0, 0.05) is 7.05 Å². The monoisotopic (exact) mass is 171 g/mol. The predicted molar refractivity (Wildman–Crippen MR) is 46.9 cm³/mol. The topological polar surface area (TPSA) is 72.3 Å². The number of nitrogens with two attached hydrogens (primary N) is 2. The van der Waals surface area contributed by atoms with Gasteiger partial charge in [0.25, 0.3) is 5.91 Å². The third-order valence-corrected chi connectivity index (χ3v) is 2.48. The van der Waals surface area contributed by atoms with E-state index in [1.165, 1.54) is 26.3 Å². The first-order valence-corrected chi connectivity index (χ1v) is 4.39. The van der Waals surface area contributed by atoms with Gasteiger partial charge in [0.1, 0.15) is 0 Å². The van der Waals surface area contributed by atoms with Crippen molar-refractivity contribution in [3.05, 3.63) is 0 Å². The fraction of sp³-hybridized carbons (Fsp3) is 0.875. The molecular formula is C8H17N3O. The molecule has 0 saturated heterocycles. The highest BCUT2D eigenvalue weighted by Gasteiger charge is 2.24. The van der Waals surface area contributed by atoms with E-state index < -0.39 is 6.04 Å². The van der Waals surface area contributed by atoms with Gasteiger partial charge in [-0.05, 0) is 12.3 Å². The first kappa shape index (κ1) is 9.48. The lowest BCUT2D eigenvalue weighted by Crippen LogP contribution is -2.46. The van der Waals surface area contributed by atoms with Crippen LogP contribution in [0.25, 0.3) is 0 Å². The molecule has 1 unspecified atom stereocenters. The second-order valence-corrected chi connectivity index (χ2v) is 3.59. The van der Waals surface area contributed by atoms with E-state index in [4.69, 9.17) is 11.6 Å². The number of hydrogen-bond donors (Lipinski definition) is 2. The van der Waals surface area contributed by atoms with E-state index in [2.05, 4.69) is 0 Å². The Morgan fingerprint density at radius 2 is 2.25 bits per heavy atom. The predicted octanol–water partition coefficient (Wildman–Crippen LogP) is -0.164. The normalized spacial score (nSPS) is 19.9. The Hall–Kier alpha value is -0.610. The van der Waals surface area contributed by atoms with Crippen LogP contribution in [-0.2, 0) is 4.79 Å². The number of nitrogens with zero attached hydrogens (tertiary/aromatic N) is 1. The second kappa shape index (κ2) is 3.87. The molecule has 1 aliphatic rings. The Labute approximate surface area is 72.9 Å². The third-order valence-electron chi connectivity index (χ3n) is 2.48. The molecule has 0 aromatic rings. The number of rotatable bonds is 3. The zero-order chi connectivity index (χ0) is 9.14. The second-order valence-electron chi connectivity index (χ2n) is 3.59. The Kier molecular flexibility index (Phi) is 3.05. The van der Waals surface area contributed by atoms with Crippen molar-refractivity contribution in [1.29, 1.82) is 0 Å². The van der Waals surface area contributed by atoms with Crippen molar-refractivity contribution < 1.29 is 4.79 Å². The molecule has 0 heterocycles. The van der Waals surface area contributed by atoms with Crippen molar-refractivity contribution in [2.24, 2.45) is 17.5 Å². The standard InChI is InChI=1S/C8H17N3O/c1-11(10)8(12)7(9)5-6-3-2-4-6/h6-7H,2-5,9-10H2,1H3. The third kappa shape index (κ3) is 2.19. The summed E-state index contributed by atoms with van der Waals surface area (Å²) in [5, 5.41) is 1.07. The molecule has 12 heavy (non-hydrogen) atoms. The van der Waals surface area contributed by atoms with Crippen LogP contribution < -0.4 is 11.6 Å². The van der Waals surface area contributed by atoms with E-state index in [0.29, 0.717) is 5.92 Å². The molecule has 1 atom stereocenters. The smallest absolute Gasteiger partial charge is 0.253 e. The molecule has 4 N–H and O–H groups in total. The molecule has 1 rings (SSSR count). The quantitative estimate of drug-likeness (QED) is 0.352. The van der Waals surface area contributed by atoms with Gasteiger partial charge < -0.3 is 5.73 Å². The summed E-state index contributed by atoms with van der Waals surface area (Å²) in [5.74, 6) is 5.77. The summed E-state index contributed by atoms with van der Waals surface area (Å²) in [6, 6.07) is -0.398. The maximum atomic E-state index is 11.2. The van der Waals surface area contributed by atoms with Gasteiger partial charge in [0.05, 0.1) is 6.04 Å². The van der Waals surface area contributed by atoms with E-state index in [1.54, 1.807) is 0 Å². The molecule has 70 valence electrons. The van der Waals surface area contributed by atoms with Gasteiger partial charge in [0.2, 0.25) is 0 Å². The molecular weight excluding hydrogens is 154 g/mol. The molecule has 0 bridgehead atoms. The summed E-state index contributed by atoms with van der Waals surface area (Å²) in [6.07, 6.45) is 4.51. The lowest BCUT2D eigenvalue weighted by molar-refractivity contribution is -0.132. The van der Waals surface area contributed by atoms with Crippen LogP contribution in [-0.4, -0.2) is 24.0 Å². The fourth-order valence-electron chi connectivity index (χ4n) is 1.45. The zero-order valence-electron chi connectivity index (χ0n) is 7.49. The van der Waals surface area contributed by atoms with E-state index >= 15 is 0 Å². The first-order valence-electron chi connectivity index (χ1n) is 4.39. The Balaban J connectivity index is 2.26. The number of amides is 1. The fourth-order valence-corrected chi connectivity index (χ4v) is 1.45. The molecule has 0 aliphatic heterocycles. The molecule has 0 aromatic carbocycles. The van der Waals surface area contributed by atoms with Crippen LogP contribution in [0.5, 0.6) is 0 Å². The lowest BCUT2D eigenvalue weighted by atomic mass is 9.81. The average Bonchev–Trinajstić information content (AvgIpc) is 1.94. The van der Waals surface area contributed by atoms with Crippen LogP contribution in [0.3, 0.4) is 0 Å². The molecule has 0 aromatic heterocycles. The van der Waals surface area contributed by atoms with E-state index in [0.717, 1.165) is 11.4 Å². The number of carbonyl (C=O) groups excluding carboxylic acids is 1. The summed E-state index contributed by atoms with van der Waals surface area (Å²) in [7, 11) is 1.53. The Morgan fingerprint density at radius 3 is 2.58 bits per heavy atom. The highest BCUT2D eigenvalue weighted by atomic mass is 16.2. The minimum absolute atomic E-state index is 0.165. The van der Waals surface area contributed by atoms with Gasteiger partial charge in [0.15, 0.2) is 0 Å². The summed E-state index contributed by atoms with van der Waals surface area (Å²) in [6.45, 7) is 0. The van der Waals surface area contributed by atoms with Crippen LogP contribution in [0.15, 0.2) is 0 Å². The average molecular weight is 171 g/mol. The van der Waals surface area contributed by atoms with Crippen LogP contribution in [0.2, 0.25) is 0 Å². The number of carbonyl (C=O) groups is 1. The minimum atomic E-state index is -0.398.